The molecular weight excluding hydrogens is 264 g/mol. The van der Waals surface area contributed by atoms with E-state index in [1.54, 1.807) is 6.20 Å². The van der Waals surface area contributed by atoms with E-state index in [1.165, 1.54) is 11.3 Å². The summed E-state index contributed by atoms with van der Waals surface area (Å²) in [7, 11) is 0. The Hall–Kier alpha value is -1.21. The van der Waals surface area contributed by atoms with E-state index in [1.807, 2.05) is 4.90 Å². The quantitative estimate of drug-likeness (QED) is 0.619. The maximum atomic E-state index is 10.5. The molecule has 1 aromatic rings. The molecule has 0 spiro atoms. The summed E-state index contributed by atoms with van der Waals surface area (Å²) in [6.45, 7) is 1.84. The third-order valence-electron chi connectivity index (χ3n) is 2.39. The number of amidine groups is 1. The number of aliphatic imine (C=N–C) groups is 1. The van der Waals surface area contributed by atoms with Gasteiger partial charge < -0.3 is 4.90 Å². The number of nitrogens with zero attached hydrogens (tertiary/aromatic N) is 4. The fraction of sp³-hybridized carbons (Fsp3) is 0.556. The fourth-order valence-corrected chi connectivity index (χ4v) is 2.67. The lowest BCUT2D eigenvalue weighted by atomic mass is 10.3. The smallest absolute Gasteiger partial charge is 0.260 e. The topological polar surface area (TPSA) is 71.6 Å². The number of halogens is 1. The maximum Gasteiger partial charge on any atom is 0.260 e. The average molecular weight is 275 g/mol. The first-order valence-corrected chi connectivity index (χ1v) is 6.35. The molecule has 92 valence electrons. The summed E-state index contributed by atoms with van der Waals surface area (Å²) in [6, 6.07) is 0. The van der Waals surface area contributed by atoms with Crippen LogP contribution in [0.2, 0.25) is 4.47 Å². The van der Waals surface area contributed by atoms with Crippen molar-refractivity contribution in [3.8, 4) is 0 Å². The number of nitro groups is 1. The zero-order chi connectivity index (χ0) is 12.3. The van der Waals surface area contributed by atoms with Gasteiger partial charge in [0, 0.05) is 29.1 Å². The van der Waals surface area contributed by atoms with Crippen LogP contribution in [0.3, 0.4) is 0 Å². The van der Waals surface area contributed by atoms with Crippen molar-refractivity contribution < 1.29 is 4.92 Å². The molecule has 0 aromatic carbocycles. The van der Waals surface area contributed by atoms with Gasteiger partial charge in [0.15, 0.2) is 10.3 Å². The highest BCUT2D eigenvalue weighted by Gasteiger charge is 2.20. The van der Waals surface area contributed by atoms with E-state index >= 15 is 0 Å². The van der Waals surface area contributed by atoms with Crippen LogP contribution in [0.25, 0.3) is 0 Å². The van der Waals surface area contributed by atoms with Gasteiger partial charge in [-0.2, -0.15) is 0 Å². The van der Waals surface area contributed by atoms with Crippen LogP contribution in [0.15, 0.2) is 11.2 Å². The highest BCUT2D eigenvalue weighted by atomic mass is 35.5. The van der Waals surface area contributed by atoms with Crippen molar-refractivity contribution in [2.75, 3.05) is 19.6 Å². The Kier molecular flexibility index (Phi) is 3.90. The van der Waals surface area contributed by atoms with E-state index < -0.39 is 0 Å². The standard InChI is InChI=1S/C9H11ClN4O2S/c10-9-12-4-7(17-9)5-13-3-1-2-11-8(13)6-14(15)16/h4H,1-3,5-6H2. The number of hydrogen-bond acceptors (Lipinski definition) is 6. The Morgan fingerprint density at radius 3 is 3.12 bits per heavy atom. The van der Waals surface area contributed by atoms with Crippen molar-refractivity contribution in [3.05, 3.63) is 25.7 Å². The first-order chi connectivity index (χ1) is 8.15. The number of thiazole rings is 1. The summed E-state index contributed by atoms with van der Waals surface area (Å²) in [5.41, 5.74) is 0. The molecule has 2 rings (SSSR count). The molecule has 1 aromatic heterocycles. The molecule has 0 N–H and O–H groups in total. The highest BCUT2D eigenvalue weighted by Crippen LogP contribution is 2.20. The van der Waals surface area contributed by atoms with E-state index in [4.69, 9.17) is 11.6 Å². The van der Waals surface area contributed by atoms with Gasteiger partial charge in [-0.3, -0.25) is 15.1 Å². The second kappa shape index (κ2) is 5.42. The Labute approximate surface area is 107 Å². The van der Waals surface area contributed by atoms with Gasteiger partial charge in [0.1, 0.15) is 0 Å². The third kappa shape index (κ3) is 3.37. The minimum atomic E-state index is -0.350. The zero-order valence-corrected chi connectivity index (χ0v) is 10.6. The number of rotatable bonds is 4. The van der Waals surface area contributed by atoms with Crippen LogP contribution < -0.4 is 0 Å². The van der Waals surface area contributed by atoms with E-state index in [2.05, 4.69) is 9.98 Å². The molecule has 0 atom stereocenters. The molecule has 0 unspecified atom stereocenters. The number of hydrogen-bond donors (Lipinski definition) is 0. The highest BCUT2D eigenvalue weighted by molar-refractivity contribution is 7.15. The minimum Gasteiger partial charge on any atom is -0.350 e. The lowest BCUT2D eigenvalue weighted by Gasteiger charge is -2.26. The van der Waals surface area contributed by atoms with E-state index in [0.29, 0.717) is 23.4 Å². The fourth-order valence-electron chi connectivity index (χ4n) is 1.68. The summed E-state index contributed by atoms with van der Waals surface area (Å²) >= 11 is 7.14. The predicted octanol–water partition coefficient (Wildman–Crippen LogP) is 1.68. The summed E-state index contributed by atoms with van der Waals surface area (Å²) in [5.74, 6) is 0.547. The molecule has 1 aliphatic heterocycles. The van der Waals surface area contributed by atoms with Gasteiger partial charge in [0.05, 0.1) is 6.54 Å². The molecule has 0 fully saturated rings. The van der Waals surface area contributed by atoms with Crippen molar-refractivity contribution >= 4 is 28.8 Å². The van der Waals surface area contributed by atoms with Gasteiger partial charge in [-0.25, -0.2) is 4.98 Å². The summed E-state index contributed by atoms with van der Waals surface area (Å²) in [6.07, 6.45) is 2.62. The molecule has 0 amide bonds. The molecule has 0 bridgehead atoms. The van der Waals surface area contributed by atoms with Crippen molar-refractivity contribution in [1.29, 1.82) is 0 Å². The molecule has 0 aliphatic carbocycles. The monoisotopic (exact) mass is 274 g/mol. The molecule has 0 saturated carbocycles. The molecule has 6 nitrogen and oxygen atoms in total. The SMILES string of the molecule is O=[N+]([O-])CC1=NCCCN1Cc1cnc(Cl)s1. The van der Waals surface area contributed by atoms with Gasteiger partial charge in [0.25, 0.3) is 6.54 Å². The summed E-state index contributed by atoms with van der Waals surface area (Å²) < 4.78 is 0.491. The molecule has 2 heterocycles. The van der Waals surface area contributed by atoms with Crippen LogP contribution in [0.5, 0.6) is 0 Å². The first-order valence-electron chi connectivity index (χ1n) is 5.15. The van der Waals surface area contributed by atoms with Crippen LogP contribution >= 0.6 is 22.9 Å². The predicted molar refractivity (Wildman–Crippen MR) is 66.3 cm³/mol. The van der Waals surface area contributed by atoms with Gasteiger partial charge in [-0.15, -0.1) is 11.3 Å². The largest absolute Gasteiger partial charge is 0.350 e. The molecule has 0 saturated heterocycles. The van der Waals surface area contributed by atoms with E-state index in [0.717, 1.165) is 17.8 Å². The third-order valence-corrected chi connectivity index (χ3v) is 3.49. The van der Waals surface area contributed by atoms with Gasteiger partial charge >= 0.3 is 0 Å². The van der Waals surface area contributed by atoms with Crippen LogP contribution in [-0.2, 0) is 6.54 Å². The first kappa shape index (κ1) is 12.3. The molecular formula is C9H11ClN4O2S. The molecule has 1 aliphatic rings. The summed E-state index contributed by atoms with van der Waals surface area (Å²) in [4.78, 5) is 21.3. The lowest BCUT2D eigenvalue weighted by Crippen LogP contribution is -2.39. The van der Waals surface area contributed by atoms with Gasteiger partial charge in [-0.05, 0) is 6.42 Å². The Bertz CT molecular complexity index is 448. The normalized spacial score (nSPS) is 15.8. The van der Waals surface area contributed by atoms with Crippen molar-refractivity contribution in [1.82, 2.24) is 9.88 Å². The van der Waals surface area contributed by atoms with Gasteiger partial charge in [-0.1, -0.05) is 11.6 Å². The van der Waals surface area contributed by atoms with E-state index in [9.17, 15) is 10.1 Å². The van der Waals surface area contributed by atoms with Crippen LogP contribution in [0.4, 0.5) is 0 Å². The zero-order valence-electron chi connectivity index (χ0n) is 9.00. The van der Waals surface area contributed by atoms with Crippen molar-refractivity contribution in [2.45, 2.75) is 13.0 Å². The Morgan fingerprint density at radius 1 is 1.65 bits per heavy atom. The van der Waals surface area contributed by atoms with Crippen LogP contribution in [0, 0.1) is 10.1 Å². The van der Waals surface area contributed by atoms with Crippen molar-refractivity contribution in [3.63, 3.8) is 0 Å². The maximum absolute atomic E-state index is 10.5. The molecule has 8 heteroatoms. The summed E-state index contributed by atoms with van der Waals surface area (Å²) in [5, 5.41) is 10.5. The van der Waals surface area contributed by atoms with Crippen LogP contribution in [-0.4, -0.2) is 40.3 Å². The number of aromatic nitrogens is 1. The van der Waals surface area contributed by atoms with Crippen molar-refractivity contribution in [2.24, 2.45) is 4.99 Å². The second-order valence-electron chi connectivity index (χ2n) is 3.64. The Morgan fingerprint density at radius 2 is 2.47 bits per heavy atom. The lowest BCUT2D eigenvalue weighted by molar-refractivity contribution is -0.464. The van der Waals surface area contributed by atoms with Crippen LogP contribution in [0.1, 0.15) is 11.3 Å². The van der Waals surface area contributed by atoms with E-state index in [-0.39, 0.29) is 11.5 Å². The second-order valence-corrected chi connectivity index (χ2v) is 5.34. The molecule has 17 heavy (non-hydrogen) atoms. The molecule has 0 radical (unpaired) electrons. The van der Waals surface area contributed by atoms with Gasteiger partial charge in [0.2, 0.25) is 0 Å². The minimum absolute atomic E-state index is 0.216. The average Bonchev–Trinajstić information content (AvgIpc) is 2.66. The Balaban J connectivity index is 2.05.